The fourth-order valence-electron chi connectivity index (χ4n) is 11.8. The molecule has 80 heavy (non-hydrogen) atoms. The van der Waals surface area contributed by atoms with E-state index in [0.29, 0.717) is 99.3 Å². The number of ether oxygens (including phenoxy) is 2. The maximum absolute atomic E-state index is 15.8. The molecule has 0 spiro atoms. The van der Waals surface area contributed by atoms with Crippen LogP contribution in [0.1, 0.15) is 207 Å². The van der Waals surface area contributed by atoms with Crippen molar-refractivity contribution in [3.05, 3.63) is 188 Å². The van der Waals surface area contributed by atoms with Gasteiger partial charge in [0.1, 0.15) is 22.7 Å². The summed E-state index contributed by atoms with van der Waals surface area (Å²) >= 11 is 0. The Labute approximate surface area is 469 Å². The number of nitrogens with zero attached hydrogens (tertiary/aromatic N) is 2. The molecule has 0 atom stereocenters. The standard InChI is InChI=1S/C72H66N2O6/c1-39(2)49-17-15-18-50(40(3)4)65(49)73-67(75)55-35-33-53-60-46(28-22-44-25-31-48(32-26-44)80-72(12,13)14)38-58-62-56(68(76)74(70(58)78)66-51(41(5)6)19-16-20-52(66)42(7)8)36-34-54(64(60)62)59-45(37-57(69(73)77)61(55)63(53)59)27-21-43-23-29-47(30-24-43)79-71(9,10)11/h15-20,23-26,29-42H,1-14H3. The molecule has 0 aromatic heterocycles. The quantitative estimate of drug-likeness (QED) is 0.0651. The van der Waals surface area contributed by atoms with Crippen LogP contribution >= 0.6 is 0 Å². The number of anilines is 2. The fraction of sp³-hybridized carbons (Fsp3) is 0.278. The molecule has 2 aliphatic rings. The molecule has 0 saturated carbocycles. The van der Waals surface area contributed by atoms with E-state index in [9.17, 15) is 0 Å². The number of benzene rings is 9. The van der Waals surface area contributed by atoms with Crippen LogP contribution in [-0.4, -0.2) is 34.8 Å². The van der Waals surface area contributed by atoms with E-state index in [0.717, 1.165) is 33.4 Å². The Bertz CT molecular complexity index is 3910. The van der Waals surface area contributed by atoms with Gasteiger partial charge in [-0.05, 0) is 171 Å². The van der Waals surface area contributed by atoms with Crippen molar-refractivity contribution in [3.8, 4) is 35.2 Å². The summed E-state index contributed by atoms with van der Waals surface area (Å²) in [7, 11) is 0. The third-order valence-corrected chi connectivity index (χ3v) is 15.2. The van der Waals surface area contributed by atoms with Crippen molar-refractivity contribution >= 4 is 78.1 Å². The van der Waals surface area contributed by atoms with Crippen LogP contribution < -0.4 is 19.3 Å². The number of carbonyl (C=O) groups excluding carboxylic acids is 4. The summed E-state index contributed by atoms with van der Waals surface area (Å²) in [6, 6.07) is 38.5. The van der Waals surface area contributed by atoms with Gasteiger partial charge in [0.2, 0.25) is 0 Å². The zero-order valence-electron chi connectivity index (χ0n) is 48.2. The van der Waals surface area contributed by atoms with Gasteiger partial charge in [-0.1, -0.05) is 128 Å². The molecule has 4 amide bonds. The number of carbonyl (C=O) groups is 4. The van der Waals surface area contributed by atoms with Gasteiger partial charge in [0.25, 0.3) is 23.6 Å². The smallest absolute Gasteiger partial charge is 0.266 e. The highest BCUT2D eigenvalue weighted by molar-refractivity contribution is 6.46. The summed E-state index contributed by atoms with van der Waals surface area (Å²) in [6.07, 6.45) is 0. The van der Waals surface area contributed by atoms with Gasteiger partial charge in [-0.15, -0.1) is 0 Å². The number of para-hydroxylation sites is 2. The number of imide groups is 2. The minimum atomic E-state index is -0.443. The minimum Gasteiger partial charge on any atom is -0.488 e. The van der Waals surface area contributed by atoms with Gasteiger partial charge < -0.3 is 9.47 Å². The Morgan fingerprint density at radius 2 is 0.675 bits per heavy atom. The number of fused-ring (bicyclic) bond motifs is 2. The largest absolute Gasteiger partial charge is 0.488 e. The van der Waals surface area contributed by atoms with Crippen molar-refractivity contribution < 1.29 is 28.7 Å². The van der Waals surface area contributed by atoms with E-state index in [1.807, 2.05) is 163 Å². The van der Waals surface area contributed by atoms with Crippen molar-refractivity contribution in [1.82, 2.24) is 0 Å². The Kier molecular flexibility index (Phi) is 13.0. The van der Waals surface area contributed by atoms with E-state index in [1.165, 1.54) is 9.80 Å². The van der Waals surface area contributed by atoms with Crippen LogP contribution in [0, 0.1) is 23.7 Å². The van der Waals surface area contributed by atoms with Crippen LogP contribution in [0.2, 0.25) is 0 Å². The molecular formula is C72H66N2O6. The first kappa shape index (κ1) is 53.3. The van der Waals surface area contributed by atoms with Crippen molar-refractivity contribution in [2.24, 2.45) is 0 Å². The summed E-state index contributed by atoms with van der Waals surface area (Å²) in [6.45, 7) is 28.6. The van der Waals surface area contributed by atoms with Gasteiger partial charge in [0.05, 0.1) is 22.5 Å². The zero-order valence-corrected chi connectivity index (χ0v) is 48.2. The molecule has 400 valence electrons. The molecular weight excluding hydrogens is 989 g/mol. The highest BCUT2D eigenvalue weighted by Gasteiger charge is 2.42. The molecule has 2 heterocycles. The van der Waals surface area contributed by atoms with Crippen LogP contribution in [0.15, 0.2) is 121 Å². The van der Waals surface area contributed by atoms with Crippen LogP contribution in [0.3, 0.4) is 0 Å². The first-order valence-electron chi connectivity index (χ1n) is 27.9. The second-order valence-electron chi connectivity index (χ2n) is 24.6. The SMILES string of the molecule is CC(C)c1cccc(C(C)C)c1N1C(=O)c2ccc3c4c(C#Cc5ccc(OC(C)(C)C)cc5)cc5c6c(ccc(c7c(C#Cc8ccc(OC(C)(C)C)cc8)cc(c2c37)C1=O)c64)C(=O)N(c1c(C(C)C)cccc1C(C)C)C5=O. The molecule has 0 unspecified atom stereocenters. The lowest BCUT2D eigenvalue weighted by atomic mass is 9.79. The maximum atomic E-state index is 15.8. The van der Waals surface area contributed by atoms with Crippen LogP contribution in [0.5, 0.6) is 11.5 Å². The maximum Gasteiger partial charge on any atom is 0.266 e. The summed E-state index contributed by atoms with van der Waals surface area (Å²) in [5, 5.41) is 5.17. The highest BCUT2D eigenvalue weighted by Crippen LogP contribution is 2.51. The Morgan fingerprint density at radius 1 is 0.362 bits per heavy atom. The van der Waals surface area contributed by atoms with E-state index in [4.69, 9.17) is 9.47 Å². The van der Waals surface area contributed by atoms with E-state index in [2.05, 4.69) is 79.1 Å². The summed E-state index contributed by atoms with van der Waals surface area (Å²) < 4.78 is 12.3. The first-order valence-corrected chi connectivity index (χ1v) is 27.9. The molecule has 0 fully saturated rings. The van der Waals surface area contributed by atoms with Crippen LogP contribution in [-0.2, 0) is 0 Å². The molecule has 0 saturated heterocycles. The first-order chi connectivity index (χ1) is 37.9. The van der Waals surface area contributed by atoms with Gasteiger partial charge in [-0.25, -0.2) is 9.80 Å². The number of amides is 4. The molecule has 0 N–H and O–H groups in total. The van der Waals surface area contributed by atoms with Crippen molar-refractivity contribution in [2.75, 3.05) is 9.80 Å². The lowest BCUT2D eigenvalue weighted by Gasteiger charge is -2.34. The molecule has 9 aromatic carbocycles. The number of hydrogen-bond donors (Lipinski definition) is 0. The third kappa shape index (κ3) is 9.02. The molecule has 0 bridgehead atoms. The van der Waals surface area contributed by atoms with E-state index in [-0.39, 0.29) is 23.7 Å². The molecule has 11 rings (SSSR count). The Morgan fingerprint density at radius 3 is 0.975 bits per heavy atom. The summed E-state index contributed by atoms with van der Waals surface area (Å²) in [4.78, 5) is 65.3. The topological polar surface area (TPSA) is 93.2 Å². The third-order valence-electron chi connectivity index (χ3n) is 15.2. The molecule has 8 heteroatoms. The predicted octanol–water partition coefficient (Wildman–Crippen LogP) is 17.0. The number of hydrogen-bond acceptors (Lipinski definition) is 6. The van der Waals surface area contributed by atoms with Crippen molar-refractivity contribution in [2.45, 2.75) is 132 Å². The van der Waals surface area contributed by atoms with E-state index < -0.39 is 34.8 Å². The Hall–Kier alpha value is -8.72. The monoisotopic (exact) mass is 1050 g/mol. The van der Waals surface area contributed by atoms with Gasteiger partial charge in [0.15, 0.2) is 0 Å². The predicted molar refractivity (Wildman–Crippen MR) is 325 cm³/mol. The molecule has 2 aliphatic heterocycles. The zero-order chi connectivity index (χ0) is 57.0. The van der Waals surface area contributed by atoms with Crippen molar-refractivity contribution in [1.29, 1.82) is 0 Å². The normalized spacial score (nSPS) is 13.7. The summed E-state index contributed by atoms with van der Waals surface area (Å²) in [5.74, 6) is 13.6. The van der Waals surface area contributed by atoms with Gasteiger partial charge in [-0.3, -0.25) is 19.2 Å². The van der Waals surface area contributed by atoms with Crippen LogP contribution in [0.4, 0.5) is 11.4 Å². The fourth-order valence-corrected chi connectivity index (χ4v) is 11.8. The Balaban J connectivity index is 1.25. The lowest BCUT2D eigenvalue weighted by molar-refractivity contribution is 0.0877. The second-order valence-corrected chi connectivity index (χ2v) is 24.6. The average Bonchev–Trinajstić information content (AvgIpc) is 3.57. The minimum absolute atomic E-state index is 0.00336. The molecule has 9 aromatic rings. The molecule has 8 nitrogen and oxygen atoms in total. The highest BCUT2D eigenvalue weighted by atomic mass is 16.5. The van der Waals surface area contributed by atoms with Gasteiger partial charge >= 0.3 is 0 Å². The van der Waals surface area contributed by atoms with E-state index in [1.54, 1.807) is 0 Å². The lowest BCUT2D eigenvalue weighted by Crippen LogP contribution is -2.42. The second kappa shape index (κ2) is 19.6. The van der Waals surface area contributed by atoms with Gasteiger partial charge in [0, 0.05) is 65.7 Å². The average molecular weight is 1060 g/mol. The van der Waals surface area contributed by atoms with E-state index >= 15 is 19.2 Å². The van der Waals surface area contributed by atoms with Gasteiger partial charge in [-0.2, -0.15) is 0 Å². The molecule has 0 radical (unpaired) electrons. The summed E-state index contributed by atoms with van der Waals surface area (Å²) in [5.41, 5.74) is 8.00. The van der Waals surface area contributed by atoms with Crippen LogP contribution in [0.25, 0.3) is 43.1 Å². The number of rotatable bonds is 8. The van der Waals surface area contributed by atoms with Crippen molar-refractivity contribution in [3.63, 3.8) is 0 Å². The molecule has 0 aliphatic carbocycles.